The molecule has 0 aliphatic carbocycles. The quantitative estimate of drug-likeness (QED) is 0.621. The molecule has 0 aliphatic heterocycles. The van der Waals surface area contributed by atoms with Crippen LogP contribution in [0.1, 0.15) is 23.7 Å². The van der Waals surface area contributed by atoms with Crippen molar-refractivity contribution >= 4 is 34.0 Å². The van der Waals surface area contributed by atoms with E-state index in [1.165, 1.54) is 11.3 Å². The Bertz CT molecular complexity index is 862. The number of aromatic nitrogens is 1. The minimum absolute atomic E-state index is 0.209. The molecule has 1 aromatic heterocycles. The second-order valence-electron chi connectivity index (χ2n) is 5.38. The van der Waals surface area contributed by atoms with E-state index < -0.39 is 0 Å². The van der Waals surface area contributed by atoms with Gasteiger partial charge in [0.05, 0.1) is 12.3 Å². The van der Waals surface area contributed by atoms with Crippen molar-refractivity contribution in [2.45, 2.75) is 13.3 Å². The van der Waals surface area contributed by atoms with Crippen molar-refractivity contribution in [2.75, 3.05) is 11.9 Å². The van der Waals surface area contributed by atoms with Crippen LogP contribution < -0.4 is 10.1 Å². The first-order valence-corrected chi connectivity index (χ1v) is 9.17. The van der Waals surface area contributed by atoms with Gasteiger partial charge in [0.2, 0.25) is 0 Å². The normalized spacial score (nSPS) is 10.5. The molecule has 0 atom stereocenters. The SMILES string of the molecule is CCCOc1cccc(C(=O)Nc2nc(-c3ccc(Cl)cc3)cs2)c1. The van der Waals surface area contributed by atoms with E-state index in [1.807, 2.05) is 42.6 Å². The number of nitrogens with zero attached hydrogens (tertiary/aromatic N) is 1. The molecule has 6 heteroatoms. The number of carbonyl (C=O) groups excluding carboxylic acids is 1. The smallest absolute Gasteiger partial charge is 0.257 e. The van der Waals surface area contributed by atoms with E-state index in [4.69, 9.17) is 16.3 Å². The van der Waals surface area contributed by atoms with Crippen LogP contribution in [0.3, 0.4) is 0 Å². The van der Waals surface area contributed by atoms with Crippen molar-refractivity contribution in [3.63, 3.8) is 0 Å². The van der Waals surface area contributed by atoms with Gasteiger partial charge in [0.1, 0.15) is 5.75 Å². The highest BCUT2D eigenvalue weighted by molar-refractivity contribution is 7.14. The Morgan fingerprint density at radius 3 is 2.80 bits per heavy atom. The molecule has 3 rings (SSSR count). The molecular weight excluding hydrogens is 356 g/mol. The Hall–Kier alpha value is -2.37. The largest absolute Gasteiger partial charge is 0.494 e. The number of ether oxygens (including phenoxy) is 1. The lowest BCUT2D eigenvalue weighted by Crippen LogP contribution is -2.11. The van der Waals surface area contributed by atoms with Gasteiger partial charge < -0.3 is 4.74 Å². The summed E-state index contributed by atoms with van der Waals surface area (Å²) >= 11 is 7.28. The van der Waals surface area contributed by atoms with Crippen LogP contribution in [-0.4, -0.2) is 17.5 Å². The molecule has 0 saturated carbocycles. The number of rotatable bonds is 6. The van der Waals surface area contributed by atoms with Gasteiger partial charge in [-0.1, -0.05) is 36.7 Å². The minimum atomic E-state index is -0.209. The highest BCUT2D eigenvalue weighted by atomic mass is 35.5. The average Bonchev–Trinajstić information content (AvgIpc) is 3.09. The fourth-order valence-corrected chi connectivity index (χ4v) is 3.04. The van der Waals surface area contributed by atoms with Crippen molar-refractivity contribution in [1.82, 2.24) is 4.98 Å². The summed E-state index contributed by atoms with van der Waals surface area (Å²) in [4.78, 5) is 16.9. The maximum Gasteiger partial charge on any atom is 0.257 e. The second kappa shape index (κ2) is 8.14. The first kappa shape index (κ1) is 17.5. The van der Waals surface area contributed by atoms with E-state index in [-0.39, 0.29) is 5.91 Å². The first-order chi connectivity index (χ1) is 12.2. The molecule has 0 fully saturated rings. The van der Waals surface area contributed by atoms with Crippen molar-refractivity contribution in [2.24, 2.45) is 0 Å². The summed E-state index contributed by atoms with van der Waals surface area (Å²) in [5.41, 5.74) is 2.30. The van der Waals surface area contributed by atoms with E-state index in [0.717, 1.165) is 17.7 Å². The van der Waals surface area contributed by atoms with Crippen LogP contribution in [0.5, 0.6) is 5.75 Å². The highest BCUT2D eigenvalue weighted by Crippen LogP contribution is 2.26. The van der Waals surface area contributed by atoms with E-state index in [9.17, 15) is 4.79 Å². The number of benzene rings is 2. The fraction of sp³-hybridized carbons (Fsp3) is 0.158. The molecule has 0 unspecified atom stereocenters. The molecule has 3 aromatic rings. The standard InChI is InChI=1S/C19H17ClN2O2S/c1-2-10-24-16-5-3-4-14(11-16)18(23)22-19-21-17(12-25-19)13-6-8-15(20)9-7-13/h3-9,11-12H,2,10H2,1H3,(H,21,22,23). The Morgan fingerprint density at radius 1 is 1.24 bits per heavy atom. The number of amides is 1. The molecular formula is C19H17ClN2O2S. The monoisotopic (exact) mass is 372 g/mol. The van der Waals surface area contributed by atoms with E-state index >= 15 is 0 Å². The summed E-state index contributed by atoms with van der Waals surface area (Å²) in [6.45, 7) is 2.67. The number of thiazole rings is 1. The lowest BCUT2D eigenvalue weighted by molar-refractivity contribution is 0.102. The lowest BCUT2D eigenvalue weighted by Gasteiger charge is -2.06. The van der Waals surface area contributed by atoms with Gasteiger partial charge in [-0.25, -0.2) is 4.98 Å². The molecule has 2 aromatic carbocycles. The van der Waals surface area contributed by atoms with Gasteiger partial charge in [0.15, 0.2) is 5.13 Å². The number of anilines is 1. The number of hydrogen-bond donors (Lipinski definition) is 1. The Kier molecular flexibility index (Phi) is 5.68. The zero-order valence-electron chi connectivity index (χ0n) is 13.7. The summed E-state index contributed by atoms with van der Waals surface area (Å²) in [7, 11) is 0. The van der Waals surface area contributed by atoms with Gasteiger partial charge in [-0.05, 0) is 36.8 Å². The van der Waals surface area contributed by atoms with Crippen LogP contribution in [0.25, 0.3) is 11.3 Å². The Morgan fingerprint density at radius 2 is 2.04 bits per heavy atom. The maximum absolute atomic E-state index is 12.4. The zero-order valence-corrected chi connectivity index (χ0v) is 15.2. The first-order valence-electron chi connectivity index (χ1n) is 7.91. The Labute approximate surface area is 155 Å². The van der Waals surface area contributed by atoms with Crippen molar-refractivity contribution in [3.8, 4) is 17.0 Å². The third-order valence-electron chi connectivity index (χ3n) is 3.43. The van der Waals surface area contributed by atoms with Gasteiger partial charge in [0, 0.05) is 21.5 Å². The van der Waals surface area contributed by atoms with Crippen molar-refractivity contribution < 1.29 is 9.53 Å². The number of hydrogen-bond acceptors (Lipinski definition) is 4. The minimum Gasteiger partial charge on any atom is -0.494 e. The molecule has 1 heterocycles. The molecule has 1 N–H and O–H groups in total. The van der Waals surface area contributed by atoms with Crippen molar-refractivity contribution in [3.05, 3.63) is 64.5 Å². The molecule has 0 bridgehead atoms. The topological polar surface area (TPSA) is 51.2 Å². The summed E-state index contributed by atoms with van der Waals surface area (Å²) in [5.74, 6) is 0.481. The van der Waals surface area contributed by atoms with Crippen molar-refractivity contribution in [1.29, 1.82) is 0 Å². The predicted octanol–water partition coefficient (Wildman–Crippen LogP) is 5.50. The van der Waals surface area contributed by atoms with Crippen LogP contribution in [0.2, 0.25) is 5.02 Å². The van der Waals surface area contributed by atoms with Crippen LogP contribution in [-0.2, 0) is 0 Å². The summed E-state index contributed by atoms with van der Waals surface area (Å²) in [6.07, 6.45) is 0.920. The number of carbonyl (C=O) groups is 1. The number of halogens is 1. The van der Waals surface area contributed by atoms with Gasteiger partial charge >= 0.3 is 0 Å². The van der Waals surface area contributed by atoms with Crippen LogP contribution in [0.4, 0.5) is 5.13 Å². The summed E-state index contributed by atoms with van der Waals surface area (Å²) < 4.78 is 5.56. The molecule has 128 valence electrons. The Balaban J connectivity index is 1.70. The fourth-order valence-electron chi connectivity index (χ4n) is 2.20. The molecule has 25 heavy (non-hydrogen) atoms. The van der Waals surface area contributed by atoms with E-state index in [0.29, 0.717) is 28.1 Å². The third kappa shape index (κ3) is 4.59. The van der Waals surface area contributed by atoms with Crippen LogP contribution in [0, 0.1) is 0 Å². The molecule has 0 spiro atoms. The molecule has 0 saturated heterocycles. The predicted molar refractivity (Wildman–Crippen MR) is 103 cm³/mol. The van der Waals surface area contributed by atoms with Gasteiger partial charge in [-0.2, -0.15) is 0 Å². The third-order valence-corrected chi connectivity index (χ3v) is 4.44. The molecule has 1 amide bonds. The number of nitrogens with one attached hydrogen (secondary N) is 1. The average molecular weight is 373 g/mol. The maximum atomic E-state index is 12.4. The molecule has 0 aliphatic rings. The summed E-state index contributed by atoms with van der Waals surface area (Å²) in [6, 6.07) is 14.6. The molecule has 4 nitrogen and oxygen atoms in total. The van der Waals surface area contributed by atoms with Gasteiger partial charge in [0.25, 0.3) is 5.91 Å². The van der Waals surface area contributed by atoms with E-state index in [1.54, 1.807) is 18.2 Å². The zero-order chi connectivity index (χ0) is 17.6. The lowest BCUT2D eigenvalue weighted by atomic mass is 10.2. The highest BCUT2D eigenvalue weighted by Gasteiger charge is 2.11. The van der Waals surface area contributed by atoms with Crippen LogP contribution >= 0.6 is 22.9 Å². The summed E-state index contributed by atoms with van der Waals surface area (Å²) in [5, 5.41) is 5.96. The van der Waals surface area contributed by atoms with Crippen LogP contribution in [0.15, 0.2) is 53.9 Å². The van der Waals surface area contributed by atoms with Gasteiger partial charge in [-0.15, -0.1) is 11.3 Å². The van der Waals surface area contributed by atoms with E-state index in [2.05, 4.69) is 10.3 Å². The van der Waals surface area contributed by atoms with Gasteiger partial charge in [-0.3, -0.25) is 10.1 Å². The molecule has 0 radical (unpaired) electrons. The second-order valence-corrected chi connectivity index (χ2v) is 6.67.